The number of hydrogen-bond donors (Lipinski definition) is 0. The highest BCUT2D eigenvalue weighted by atomic mass is 16.6. The second-order valence-electron chi connectivity index (χ2n) is 7.38. The Hall–Kier alpha value is -1.26. The number of carbonyl (C=O) groups excluding carboxylic acids is 2. The summed E-state index contributed by atoms with van der Waals surface area (Å²) in [6.07, 6.45) is 16.5. The molecule has 0 aromatic heterocycles. The van der Waals surface area contributed by atoms with E-state index in [1.54, 1.807) is 0 Å². The van der Waals surface area contributed by atoms with Crippen LogP contribution in [0.25, 0.3) is 0 Å². The van der Waals surface area contributed by atoms with Gasteiger partial charge in [-0.25, -0.2) is 9.59 Å². The summed E-state index contributed by atoms with van der Waals surface area (Å²) in [7, 11) is 1.34. The summed E-state index contributed by atoms with van der Waals surface area (Å²) >= 11 is 0. The van der Waals surface area contributed by atoms with Gasteiger partial charge in [0.15, 0.2) is 0 Å². The Morgan fingerprint density at radius 1 is 0.885 bits per heavy atom. The van der Waals surface area contributed by atoms with Gasteiger partial charge in [-0.3, -0.25) is 4.90 Å². The van der Waals surface area contributed by atoms with E-state index >= 15 is 0 Å². The summed E-state index contributed by atoms with van der Waals surface area (Å²) in [5.41, 5.74) is 0. The normalized spacial score (nSPS) is 16.7. The molecular formula is C21H39NO4. The van der Waals surface area contributed by atoms with Crippen LogP contribution < -0.4 is 0 Å². The molecule has 1 rings (SSSR count). The highest BCUT2D eigenvalue weighted by molar-refractivity contribution is 5.82. The van der Waals surface area contributed by atoms with E-state index in [0.717, 1.165) is 19.3 Å². The minimum atomic E-state index is -0.459. The molecule has 1 fully saturated rings. The standard InChI is InChI=1S/C21H39NO4/c1-3-4-5-6-7-8-9-10-11-12-13-14-18-26-20(23)19-16-15-17-22(19)21(24)25-2/h19H,3-18H2,1-2H3. The number of hydrogen-bond acceptors (Lipinski definition) is 4. The second kappa shape index (κ2) is 14.9. The number of carbonyl (C=O) groups is 2. The molecule has 5 heteroatoms. The molecule has 1 saturated heterocycles. The third-order valence-electron chi connectivity index (χ3n) is 5.18. The topological polar surface area (TPSA) is 55.8 Å². The minimum Gasteiger partial charge on any atom is -0.464 e. The van der Waals surface area contributed by atoms with Gasteiger partial charge < -0.3 is 9.47 Å². The first kappa shape index (κ1) is 22.8. The van der Waals surface area contributed by atoms with Crippen molar-refractivity contribution < 1.29 is 19.1 Å². The Balaban J connectivity index is 1.92. The zero-order valence-electron chi connectivity index (χ0n) is 17.0. The van der Waals surface area contributed by atoms with Gasteiger partial charge in [-0.05, 0) is 19.3 Å². The molecule has 1 atom stereocenters. The zero-order chi connectivity index (χ0) is 19.0. The molecule has 1 unspecified atom stereocenters. The number of likely N-dealkylation sites (tertiary alicyclic amines) is 1. The average Bonchev–Trinajstić information content (AvgIpc) is 3.14. The third-order valence-corrected chi connectivity index (χ3v) is 5.18. The first-order chi connectivity index (χ1) is 12.7. The van der Waals surface area contributed by atoms with E-state index in [1.807, 2.05) is 0 Å². The fourth-order valence-electron chi connectivity index (χ4n) is 3.56. The van der Waals surface area contributed by atoms with Gasteiger partial charge in [-0.15, -0.1) is 0 Å². The molecular weight excluding hydrogens is 330 g/mol. The molecule has 1 amide bonds. The van der Waals surface area contributed by atoms with Gasteiger partial charge in [0, 0.05) is 6.54 Å². The monoisotopic (exact) mass is 369 g/mol. The smallest absolute Gasteiger partial charge is 0.410 e. The van der Waals surface area contributed by atoms with Crippen molar-refractivity contribution in [3.8, 4) is 0 Å². The Morgan fingerprint density at radius 3 is 1.96 bits per heavy atom. The van der Waals surface area contributed by atoms with Crippen molar-refractivity contribution in [3.05, 3.63) is 0 Å². The first-order valence-corrected chi connectivity index (χ1v) is 10.7. The molecule has 0 aromatic rings. The van der Waals surface area contributed by atoms with Crippen LogP contribution in [0.5, 0.6) is 0 Å². The van der Waals surface area contributed by atoms with Crippen molar-refractivity contribution >= 4 is 12.1 Å². The van der Waals surface area contributed by atoms with E-state index in [-0.39, 0.29) is 5.97 Å². The molecule has 0 saturated carbocycles. The summed E-state index contributed by atoms with van der Waals surface area (Å²) in [6.45, 7) is 3.29. The van der Waals surface area contributed by atoms with Crippen LogP contribution in [0.15, 0.2) is 0 Å². The summed E-state index contributed by atoms with van der Waals surface area (Å²) in [5, 5.41) is 0. The zero-order valence-corrected chi connectivity index (χ0v) is 17.0. The molecule has 0 bridgehead atoms. The fourth-order valence-corrected chi connectivity index (χ4v) is 3.56. The van der Waals surface area contributed by atoms with E-state index < -0.39 is 12.1 Å². The van der Waals surface area contributed by atoms with Crippen molar-refractivity contribution in [2.45, 2.75) is 103 Å². The van der Waals surface area contributed by atoms with Gasteiger partial charge in [-0.2, -0.15) is 0 Å². The molecule has 0 radical (unpaired) electrons. The molecule has 1 aliphatic rings. The van der Waals surface area contributed by atoms with Crippen LogP contribution in [0, 0.1) is 0 Å². The predicted octanol–water partition coefficient (Wildman–Crippen LogP) is 5.46. The maximum Gasteiger partial charge on any atom is 0.410 e. The first-order valence-electron chi connectivity index (χ1n) is 10.7. The van der Waals surface area contributed by atoms with Gasteiger partial charge in [0.05, 0.1) is 13.7 Å². The van der Waals surface area contributed by atoms with Crippen molar-refractivity contribution in [1.29, 1.82) is 0 Å². The van der Waals surface area contributed by atoms with E-state index in [1.165, 1.54) is 76.2 Å². The molecule has 0 N–H and O–H groups in total. The van der Waals surface area contributed by atoms with E-state index in [0.29, 0.717) is 19.6 Å². The summed E-state index contributed by atoms with van der Waals surface area (Å²) in [6, 6.07) is -0.459. The Bertz CT molecular complexity index is 386. The molecule has 0 aromatic carbocycles. The molecule has 0 aliphatic carbocycles. The highest BCUT2D eigenvalue weighted by Gasteiger charge is 2.35. The van der Waals surface area contributed by atoms with Crippen LogP contribution in [0.2, 0.25) is 0 Å². The van der Waals surface area contributed by atoms with Gasteiger partial charge in [0.2, 0.25) is 0 Å². The van der Waals surface area contributed by atoms with Crippen LogP contribution in [-0.4, -0.2) is 43.3 Å². The second-order valence-corrected chi connectivity index (χ2v) is 7.38. The average molecular weight is 370 g/mol. The van der Waals surface area contributed by atoms with Crippen LogP contribution in [-0.2, 0) is 14.3 Å². The highest BCUT2D eigenvalue weighted by Crippen LogP contribution is 2.19. The number of esters is 1. The van der Waals surface area contributed by atoms with E-state index in [9.17, 15) is 9.59 Å². The molecule has 0 spiro atoms. The fraction of sp³-hybridized carbons (Fsp3) is 0.905. The largest absolute Gasteiger partial charge is 0.464 e. The number of rotatable bonds is 14. The van der Waals surface area contributed by atoms with E-state index in [4.69, 9.17) is 9.47 Å². The van der Waals surface area contributed by atoms with Crippen molar-refractivity contribution in [2.75, 3.05) is 20.3 Å². The summed E-state index contributed by atoms with van der Waals surface area (Å²) < 4.78 is 10.1. The summed E-state index contributed by atoms with van der Waals surface area (Å²) in [4.78, 5) is 25.2. The lowest BCUT2D eigenvalue weighted by molar-refractivity contribution is -0.148. The molecule has 26 heavy (non-hydrogen) atoms. The molecule has 1 aliphatic heterocycles. The number of methoxy groups -OCH3 is 1. The number of nitrogens with zero attached hydrogens (tertiary/aromatic N) is 1. The van der Waals surface area contributed by atoms with Crippen LogP contribution >= 0.6 is 0 Å². The Labute approximate surface area is 159 Å². The van der Waals surface area contributed by atoms with Crippen molar-refractivity contribution in [2.24, 2.45) is 0 Å². The molecule has 5 nitrogen and oxygen atoms in total. The Kier molecular flexibility index (Phi) is 13.0. The Morgan fingerprint density at radius 2 is 1.42 bits per heavy atom. The van der Waals surface area contributed by atoms with Crippen LogP contribution in [0.4, 0.5) is 4.79 Å². The SMILES string of the molecule is CCCCCCCCCCCCCCOC(=O)C1CCCN1C(=O)OC. The maximum absolute atomic E-state index is 12.1. The maximum atomic E-state index is 12.1. The number of ether oxygens (including phenoxy) is 2. The number of unbranched alkanes of at least 4 members (excludes halogenated alkanes) is 11. The van der Waals surface area contributed by atoms with Gasteiger partial charge in [-0.1, -0.05) is 77.6 Å². The quantitative estimate of drug-likeness (QED) is 0.301. The van der Waals surface area contributed by atoms with Gasteiger partial charge in [0.1, 0.15) is 6.04 Å². The van der Waals surface area contributed by atoms with Gasteiger partial charge >= 0.3 is 12.1 Å². The van der Waals surface area contributed by atoms with Crippen LogP contribution in [0.1, 0.15) is 96.8 Å². The van der Waals surface area contributed by atoms with Crippen molar-refractivity contribution in [3.63, 3.8) is 0 Å². The number of amides is 1. The third kappa shape index (κ3) is 9.44. The van der Waals surface area contributed by atoms with Gasteiger partial charge in [0.25, 0.3) is 0 Å². The lowest BCUT2D eigenvalue weighted by atomic mass is 10.1. The lowest BCUT2D eigenvalue weighted by Crippen LogP contribution is -2.41. The van der Waals surface area contributed by atoms with E-state index in [2.05, 4.69) is 6.92 Å². The lowest BCUT2D eigenvalue weighted by Gasteiger charge is -2.21. The molecule has 1 heterocycles. The minimum absolute atomic E-state index is 0.282. The molecule has 152 valence electrons. The summed E-state index contributed by atoms with van der Waals surface area (Å²) in [5.74, 6) is -0.282. The van der Waals surface area contributed by atoms with Crippen molar-refractivity contribution in [1.82, 2.24) is 4.90 Å². The van der Waals surface area contributed by atoms with Crippen LogP contribution in [0.3, 0.4) is 0 Å². The predicted molar refractivity (Wildman–Crippen MR) is 104 cm³/mol.